The molecule has 0 spiro atoms. The van der Waals surface area contributed by atoms with Gasteiger partial charge in [0.2, 0.25) is 5.91 Å². The highest BCUT2D eigenvalue weighted by Crippen LogP contribution is 2.36. The first kappa shape index (κ1) is 22.9. The Kier molecular flexibility index (Phi) is 6.73. The van der Waals surface area contributed by atoms with Crippen LogP contribution in [0.15, 0.2) is 4.47 Å². The molecule has 0 saturated carbocycles. The van der Waals surface area contributed by atoms with Crippen molar-refractivity contribution in [1.29, 1.82) is 0 Å². The zero-order chi connectivity index (χ0) is 22.1. The van der Waals surface area contributed by atoms with Crippen molar-refractivity contribution in [2.75, 3.05) is 19.5 Å². The van der Waals surface area contributed by atoms with E-state index in [2.05, 4.69) is 35.8 Å². The number of aromatic nitrogens is 2. The minimum Gasteiger partial charge on any atom is -0.465 e. The van der Waals surface area contributed by atoms with Crippen LogP contribution in [0.2, 0.25) is 0 Å². The molecule has 0 unspecified atom stereocenters. The van der Waals surface area contributed by atoms with E-state index in [1.807, 2.05) is 0 Å². The number of amides is 1. The second kappa shape index (κ2) is 8.53. The molecule has 0 aromatic carbocycles. The number of esters is 2. The number of carbonyl (C=O) groups is 3. The highest BCUT2D eigenvalue weighted by molar-refractivity contribution is 9.10. The van der Waals surface area contributed by atoms with E-state index in [0.717, 1.165) is 30.2 Å². The molecule has 2 aromatic rings. The Morgan fingerprint density at radius 1 is 1.17 bits per heavy atom. The first-order valence-corrected chi connectivity index (χ1v) is 9.43. The summed E-state index contributed by atoms with van der Waals surface area (Å²) >= 11 is 3.62. The van der Waals surface area contributed by atoms with E-state index < -0.39 is 36.3 Å². The van der Waals surface area contributed by atoms with Crippen LogP contribution in [-0.2, 0) is 27.0 Å². The van der Waals surface area contributed by atoms with Crippen LogP contribution in [0.1, 0.15) is 37.0 Å². The number of rotatable bonds is 5. The number of anilines is 1. The first-order valence-electron chi connectivity index (χ1n) is 7.82. The monoisotopic (exact) mass is 497 g/mol. The lowest BCUT2D eigenvalue weighted by molar-refractivity contribution is -0.142. The van der Waals surface area contributed by atoms with Crippen LogP contribution < -0.4 is 5.32 Å². The van der Waals surface area contributed by atoms with Crippen molar-refractivity contribution >= 4 is 50.1 Å². The number of nitrogens with one attached hydrogen (secondary N) is 1. The van der Waals surface area contributed by atoms with Gasteiger partial charge in [-0.2, -0.15) is 18.3 Å². The van der Waals surface area contributed by atoms with Gasteiger partial charge in [-0.15, -0.1) is 11.3 Å². The molecule has 0 fully saturated rings. The Hall–Kier alpha value is -2.41. The number of thiophene rings is 1. The predicted octanol–water partition coefficient (Wildman–Crippen LogP) is 3.55. The van der Waals surface area contributed by atoms with Gasteiger partial charge in [-0.05, 0) is 35.3 Å². The van der Waals surface area contributed by atoms with Crippen LogP contribution in [0, 0.1) is 13.8 Å². The van der Waals surface area contributed by atoms with Crippen LogP contribution in [0.25, 0.3) is 0 Å². The molecule has 0 aliphatic carbocycles. The standard InChI is InChI=1S/C16H15BrF3N3O5S/c1-6-9(14(25)27-3)13(29-11(6)15(26)28-4)21-8(24)5-23-7(2)10(17)12(22-23)16(18,19)20/h5H2,1-4H3,(H,21,24). The van der Waals surface area contributed by atoms with Crippen molar-refractivity contribution in [2.24, 2.45) is 0 Å². The minimum atomic E-state index is -4.69. The fraction of sp³-hybridized carbons (Fsp3) is 0.375. The minimum absolute atomic E-state index is 0.0136. The first-order chi connectivity index (χ1) is 13.4. The van der Waals surface area contributed by atoms with E-state index >= 15 is 0 Å². The SMILES string of the molecule is COC(=O)c1sc(NC(=O)Cn2nc(C(F)(F)F)c(Br)c2C)c(C(=O)OC)c1C. The van der Waals surface area contributed by atoms with Gasteiger partial charge in [-0.1, -0.05) is 0 Å². The Bertz CT molecular complexity index is 984. The molecule has 158 valence electrons. The lowest BCUT2D eigenvalue weighted by Gasteiger charge is -2.07. The predicted molar refractivity (Wildman–Crippen MR) is 100 cm³/mol. The molecule has 0 aliphatic rings. The van der Waals surface area contributed by atoms with Crippen molar-refractivity contribution < 1.29 is 37.0 Å². The third-order valence-corrected chi connectivity index (χ3v) is 5.99. The largest absolute Gasteiger partial charge is 0.465 e. The quantitative estimate of drug-likeness (QED) is 0.634. The van der Waals surface area contributed by atoms with Gasteiger partial charge >= 0.3 is 18.1 Å². The molecule has 2 heterocycles. The number of hydrogen-bond donors (Lipinski definition) is 1. The van der Waals surface area contributed by atoms with Crippen molar-refractivity contribution in [2.45, 2.75) is 26.6 Å². The van der Waals surface area contributed by atoms with Crippen molar-refractivity contribution in [3.8, 4) is 0 Å². The second-order valence-corrected chi connectivity index (χ2v) is 7.51. The third kappa shape index (κ3) is 4.61. The van der Waals surface area contributed by atoms with E-state index in [0.29, 0.717) is 0 Å². The average molecular weight is 498 g/mol. The molecule has 2 aromatic heterocycles. The number of hydrogen-bond acceptors (Lipinski definition) is 7. The molecular weight excluding hydrogens is 483 g/mol. The third-order valence-electron chi connectivity index (χ3n) is 3.86. The average Bonchev–Trinajstić information content (AvgIpc) is 3.11. The van der Waals surface area contributed by atoms with Gasteiger partial charge in [0.15, 0.2) is 5.69 Å². The highest BCUT2D eigenvalue weighted by atomic mass is 79.9. The highest BCUT2D eigenvalue weighted by Gasteiger charge is 2.38. The van der Waals surface area contributed by atoms with Crippen LogP contribution in [-0.4, -0.2) is 41.8 Å². The lowest BCUT2D eigenvalue weighted by Crippen LogP contribution is -2.21. The summed E-state index contributed by atoms with van der Waals surface area (Å²) in [5.41, 5.74) is -0.849. The van der Waals surface area contributed by atoms with E-state index in [1.165, 1.54) is 13.8 Å². The van der Waals surface area contributed by atoms with Crippen molar-refractivity contribution in [1.82, 2.24) is 9.78 Å². The van der Waals surface area contributed by atoms with E-state index in [4.69, 9.17) is 0 Å². The Morgan fingerprint density at radius 3 is 2.24 bits per heavy atom. The van der Waals surface area contributed by atoms with Crippen LogP contribution in [0.4, 0.5) is 18.2 Å². The molecule has 8 nitrogen and oxygen atoms in total. The number of ether oxygens (including phenoxy) is 2. The molecule has 29 heavy (non-hydrogen) atoms. The summed E-state index contributed by atoms with van der Waals surface area (Å²) in [6.07, 6.45) is -4.69. The summed E-state index contributed by atoms with van der Waals surface area (Å²) < 4.78 is 48.8. The maximum absolute atomic E-state index is 13.0. The summed E-state index contributed by atoms with van der Waals surface area (Å²) in [4.78, 5) is 36.4. The fourth-order valence-electron chi connectivity index (χ4n) is 2.40. The number of nitrogens with zero attached hydrogens (tertiary/aromatic N) is 2. The van der Waals surface area contributed by atoms with Gasteiger partial charge in [0.05, 0.1) is 29.9 Å². The van der Waals surface area contributed by atoms with Gasteiger partial charge in [0, 0.05) is 0 Å². The van der Waals surface area contributed by atoms with E-state index in [-0.39, 0.29) is 31.2 Å². The lowest BCUT2D eigenvalue weighted by atomic mass is 10.1. The summed E-state index contributed by atoms with van der Waals surface area (Å²) in [5.74, 6) is -2.25. The zero-order valence-electron chi connectivity index (χ0n) is 15.6. The molecular formula is C16H15BrF3N3O5S. The zero-order valence-corrected chi connectivity index (χ0v) is 18.0. The molecule has 0 bridgehead atoms. The van der Waals surface area contributed by atoms with Gasteiger partial charge < -0.3 is 14.8 Å². The van der Waals surface area contributed by atoms with Crippen LogP contribution in [0.5, 0.6) is 0 Å². The molecule has 0 radical (unpaired) electrons. The Balaban J connectivity index is 2.34. The normalized spacial score (nSPS) is 11.3. The van der Waals surface area contributed by atoms with Crippen LogP contribution >= 0.6 is 27.3 Å². The molecule has 0 atom stereocenters. The van der Waals surface area contributed by atoms with Gasteiger partial charge in [-0.25, -0.2) is 9.59 Å². The van der Waals surface area contributed by atoms with Gasteiger partial charge in [0.1, 0.15) is 16.4 Å². The summed E-state index contributed by atoms with van der Waals surface area (Å²) in [6.45, 7) is 2.30. The van der Waals surface area contributed by atoms with Gasteiger partial charge in [-0.3, -0.25) is 9.48 Å². The Labute approximate surface area is 175 Å². The summed E-state index contributed by atoms with van der Waals surface area (Å²) in [6, 6.07) is 0. The van der Waals surface area contributed by atoms with Crippen molar-refractivity contribution in [3.63, 3.8) is 0 Å². The molecule has 0 aliphatic heterocycles. The number of halogens is 4. The smallest absolute Gasteiger partial charge is 0.436 e. The number of methoxy groups -OCH3 is 2. The molecule has 13 heteroatoms. The molecule has 1 amide bonds. The Morgan fingerprint density at radius 2 is 1.76 bits per heavy atom. The van der Waals surface area contributed by atoms with Crippen molar-refractivity contribution in [3.05, 3.63) is 31.9 Å². The van der Waals surface area contributed by atoms with Crippen LogP contribution in [0.3, 0.4) is 0 Å². The van der Waals surface area contributed by atoms with E-state index in [1.54, 1.807) is 0 Å². The molecule has 2 rings (SSSR count). The number of carbonyl (C=O) groups excluding carboxylic acids is 3. The van der Waals surface area contributed by atoms with E-state index in [9.17, 15) is 27.6 Å². The molecule has 1 N–H and O–H groups in total. The fourth-order valence-corrected chi connectivity index (χ4v) is 4.04. The summed E-state index contributed by atoms with van der Waals surface area (Å²) in [7, 11) is 2.29. The number of alkyl halides is 3. The van der Waals surface area contributed by atoms with Gasteiger partial charge in [0.25, 0.3) is 0 Å². The summed E-state index contributed by atoms with van der Waals surface area (Å²) in [5, 5.41) is 5.86. The maximum Gasteiger partial charge on any atom is 0.436 e. The molecule has 0 saturated heterocycles. The second-order valence-electron chi connectivity index (χ2n) is 5.70. The maximum atomic E-state index is 13.0. The topological polar surface area (TPSA) is 99.5 Å².